The molecule has 0 aromatic carbocycles. The lowest BCUT2D eigenvalue weighted by atomic mass is 9.90. The zero-order valence-corrected chi connectivity index (χ0v) is 13.9. The number of halogens is 1. The third-order valence-electron chi connectivity index (χ3n) is 4.01. The first kappa shape index (κ1) is 17.4. The van der Waals surface area contributed by atoms with Gasteiger partial charge in [0, 0.05) is 20.1 Å². The van der Waals surface area contributed by atoms with Crippen LogP contribution in [-0.2, 0) is 24.6 Å². The molecule has 20 heavy (non-hydrogen) atoms. The van der Waals surface area contributed by atoms with Crippen LogP contribution in [0, 0.1) is 0 Å². The number of rotatable bonds is 8. The highest BCUT2D eigenvalue weighted by Gasteiger charge is 2.34. The lowest BCUT2D eigenvalue weighted by Crippen LogP contribution is -2.54. The van der Waals surface area contributed by atoms with Crippen LogP contribution in [0.15, 0.2) is 0 Å². The Labute approximate surface area is 126 Å². The predicted molar refractivity (Wildman–Crippen MR) is 82.7 cm³/mol. The van der Waals surface area contributed by atoms with Gasteiger partial charge < -0.3 is 4.74 Å². The minimum Gasteiger partial charge on any atom is -0.374 e. The number of hydrazine groups is 1. The first-order chi connectivity index (χ1) is 9.43. The molecule has 5 nitrogen and oxygen atoms in total. The van der Waals surface area contributed by atoms with Crippen molar-refractivity contribution < 1.29 is 4.74 Å². The maximum absolute atomic E-state index is 6.41. The molecule has 0 fully saturated rings. The molecule has 116 valence electrons. The van der Waals surface area contributed by atoms with Crippen LogP contribution in [0.2, 0.25) is 5.02 Å². The van der Waals surface area contributed by atoms with Gasteiger partial charge in [-0.1, -0.05) is 25.4 Å². The van der Waals surface area contributed by atoms with Crippen molar-refractivity contribution in [1.29, 1.82) is 0 Å². The maximum Gasteiger partial charge on any atom is 0.0850 e. The van der Waals surface area contributed by atoms with Gasteiger partial charge in [-0.15, -0.1) is 0 Å². The van der Waals surface area contributed by atoms with Gasteiger partial charge >= 0.3 is 0 Å². The Kier molecular flexibility index (Phi) is 6.45. The lowest BCUT2D eigenvalue weighted by molar-refractivity contribution is -0.0554. The first-order valence-corrected chi connectivity index (χ1v) is 7.61. The van der Waals surface area contributed by atoms with Crippen molar-refractivity contribution in [3.05, 3.63) is 16.4 Å². The topological polar surface area (TPSA) is 65.1 Å². The number of nitrogens with two attached hydrogens (primary N) is 1. The highest BCUT2D eigenvalue weighted by atomic mass is 35.5. The summed E-state index contributed by atoms with van der Waals surface area (Å²) < 4.78 is 7.74. The average Bonchev–Trinajstić information content (AvgIpc) is 2.71. The van der Waals surface area contributed by atoms with E-state index in [1.807, 2.05) is 25.6 Å². The number of nitrogens with zero attached hydrogens (tertiary/aromatic N) is 2. The van der Waals surface area contributed by atoms with Gasteiger partial charge in [0.05, 0.1) is 28.1 Å². The molecule has 1 aromatic heterocycles. The van der Waals surface area contributed by atoms with Gasteiger partial charge in [-0.2, -0.15) is 5.10 Å². The molecule has 0 bridgehead atoms. The summed E-state index contributed by atoms with van der Waals surface area (Å²) >= 11 is 6.41. The van der Waals surface area contributed by atoms with Crippen molar-refractivity contribution in [1.82, 2.24) is 15.2 Å². The van der Waals surface area contributed by atoms with E-state index >= 15 is 0 Å². The van der Waals surface area contributed by atoms with Gasteiger partial charge in [0.15, 0.2) is 0 Å². The molecule has 0 radical (unpaired) electrons. The molecule has 1 aromatic rings. The summed E-state index contributed by atoms with van der Waals surface area (Å²) in [5.74, 6) is 5.75. The molecule has 1 heterocycles. The zero-order valence-electron chi connectivity index (χ0n) is 13.2. The third-order valence-corrected chi connectivity index (χ3v) is 4.45. The fourth-order valence-corrected chi connectivity index (χ4v) is 2.84. The molecule has 0 aliphatic rings. The number of hydrogen-bond donors (Lipinski definition) is 2. The van der Waals surface area contributed by atoms with Gasteiger partial charge in [0.1, 0.15) is 0 Å². The molecule has 0 saturated carbocycles. The summed E-state index contributed by atoms with van der Waals surface area (Å²) in [5.41, 5.74) is 4.47. The largest absolute Gasteiger partial charge is 0.374 e. The summed E-state index contributed by atoms with van der Waals surface area (Å²) in [5, 5.41) is 5.19. The highest BCUT2D eigenvalue weighted by molar-refractivity contribution is 6.31. The summed E-state index contributed by atoms with van der Waals surface area (Å²) in [7, 11) is 1.91. The lowest BCUT2D eigenvalue weighted by Gasteiger charge is -2.36. The van der Waals surface area contributed by atoms with Crippen LogP contribution in [0.4, 0.5) is 0 Å². The minimum absolute atomic E-state index is 0.0231. The normalized spacial score (nSPS) is 16.1. The van der Waals surface area contributed by atoms with Crippen molar-refractivity contribution in [2.45, 2.75) is 58.6 Å². The first-order valence-electron chi connectivity index (χ1n) is 7.23. The zero-order chi connectivity index (χ0) is 15.3. The van der Waals surface area contributed by atoms with Gasteiger partial charge in [0.2, 0.25) is 0 Å². The van der Waals surface area contributed by atoms with E-state index in [0.717, 1.165) is 29.3 Å². The van der Waals surface area contributed by atoms with Gasteiger partial charge in [-0.25, -0.2) is 0 Å². The van der Waals surface area contributed by atoms with Crippen LogP contribution in [0.25, 0.3) is 0 Å². The summed E-state index contributed by atoms with van der Waals surface area (Å²) in [6.45, 7) is 8.87. The van der Waals surface area contributed by atoms with Crippen LogP contribution in [0.3, 0.4) is 0 Å². The SMILES string of the molecule is CCOC(C)(CC)C(Cc1c(Cl)c(CC)nn1C)NN. The van der Waals surface area contributed by atoms with Crippen LogP contribution >= 0.6 is 11.6 Å². The van der Waals surface area contributed by atoms with E-state index < -0.39 is 0 Å². The standard InChI is InChI=1S/C14H27ClN4O/c1-6-10-13(15)11(19(5)18-10)9-12(17-16)14(4,7-2)20-8-3/h12,17H,6-9,16H2,1-5H3. The van der Waals surface area contributed by atoms with Gasteiger partial charge in [-0.3, -0.25) is 16.0 Å². The number of hydrogen-bond acceptors (Lipinski definition) is 4. The van der Waals surface area contributed by atoms with Crippen LogP contribution in [0.5, 0.6) is 0 Å². The van der Waals surface area contributed by atoms with Crippen molar-refractivity contribution in [3.63, 3.8) is 0 Å². The van der Waals surface area contributed by atoms with E-state index in [4.69, 9.17) is 22.2 Å². The van der Waals surface area contributed by atoms with E-state index in [2.05, 4.69) is 24.4 Å². The van der Waals surface area contributed by atoms with Gasteiger partial charge in [0.25, 0.3) is 0 Å². The second-order valence-electron chi connectivity index (χ2n) is 5.21. The van der Waals surface area contributed by atoms with Crippen molar-refractivity contribution in [2.75, 3.05) is 6.61 Å². The smallest absolute Gasteiger partial charge is 0.0850 e. The summed E-state index contributed by atoms with van der Waals surface area (Å²) in [6.07, 6.45) is 2.37. The maximum atomic E-state index is 6.41. The molecule has 0 saturated heterocycles. The second kappa shape index (κ2) is 7.41. The Balaban J connectivity index is 3.02. The molecular weight excluding hydrogens is 276 g/mol. The van der Waals surface area contributed by atoms with Crippen molar-refractivity contribution in [2.24, 2.45) is 12.9 Å². The van der Waals surface area contributed by atoms with Gasteiger partial charge in [-0.05, 0) is 26.7 Å². The summed E-state index contributed by atoms with van der Waals surface area (Å²) in [4.78, 5) is 0. The molecule has 6 heteroatoms. The van der Waals surface area contributed by atoms with E-state index in [0.29, 0.717) is 13.0 Å². The Hall–Kier alpha value is -0.620. The molecule has 1 rings (SSSR count). The van der Waals surface area contributed by atoms with E-state index in [9.17, 15) is 0 Å². The molecular formula is C14H27ClN4O. The second-order valence-corrected chi connectivity index (χ2v) is 5.59. The fraction of sp³-hybridized carbons (Fsp3) is 0.786. The quantitative estimate of drug-likeness (QED) is 0.571. The predicted octanol–water partition coefficient (Wildman–Crippen LogP) is 2.22. The molecule has 3 N–H and O–H groups in total. The van der Waals surface area contributed by atoms with Crippen LogP contribution in [0.1, 0.15) is 45.5 Å². The van der Waals surface area contributed by atoms with Crippen molar-refractivity contribution >= 4 is 11.6 Å². The minimum atomic E-state index is -0.330. The number of nitrogens with one attached hydrogen (secondary N) is 1. The molecule has 2 atom stereocenters. The molecule has 0 aliphatic heterocycles. The highest BCUT2D eigenvalue weighted by Crippen LogP contribution is 2.27. The Morgan fingerprint density at radius 2 is 2.10 bits per heavy atom. The van der Waals surface area contributed by atoms with E-state index in [-0.39, 0.29) is 11.6 Å². The molecule has 0 amide bonds. The summed E-state index contributed by atoms with van der Waals surface area (Å²) in [6, 6.07) is -0.0231. The van der Waals surface area contributed by atoms with E-state index in [1.54, 1.807) is 0 Å². The third kappa shape index (κ3) is 3.52. The monoisotopic (exact) mass is 302 g/mol. The molecule has 2 unspecified atom stereocenters. The fourth-order valence-electron chi connectivity index (χ4n) is 2.46. The Morgan fingerprint density at radius 1 is 1.45 bits per heavy atom. The van der Waals surface area contributed by atoms with Crippen molar-refractivity contribution in [3.8, 4) is 0 Å². The molecule has 0 spiro atoms. The average molecular weight is 303 g/mol. The Bertz CT molecular complexity index is 435. The van der Waals surface area contributed by atoms with Crippen LogP contribution in [-0.4, -0.2) is 28.0 Å². The molecule has 0 aliphatic carbocycles. The number of aromatic nitrogens is 2. The van der Waals surface area contributed by atoms with E-state index in [1.165, 1.54) is 0 Å². The number of aryl methyl sites for hydroxylation is 2. The Morgan fingerprint density at radius 3 is 2.50 bits per heavy atom. The van der Waals surface area contributed by atoms with Crippen LogP contribution < -0.4 is 11.3 Å². The number of ether oxygens (including phenoxy) is 1.